The molecule has 0 bridgehead atoms. The Morgan fingerprint density at radius 1 is 1.13 bits per heavy atom. The number of fused-ring (bicyclic) bond motifs is 3. The Labute approximate surface area is 170 Å². The Bertz CT molecular complexity index is 1370. The Morgan fingerprint density at radius 3 is 2.70 bits per heavy atom. The molecule has 0 saturated heterocycles. The van der Waals surface area contributed by atoms with Gasteiger partial charge in [0.05, 0.1) is 25.0 Å². The zero-order valence-electron chi connectivity index (χ0n) is 16.3. The van der Waals surface area contributed by atoms with Crippen LogP contribution < -0.4 is 21.3 Å². The van der Waals surface area contributed by atoms with Crippen LogP contribution in [0.2, 0.25) is 0 Å². The highest BCUT2D eigenvalue weighted by Crippen LogP contribution is 2.34. The third kappa shape index (κ3) is 2.73. The van der Waals surface area contributed by atoms with E-state index in [0.717, 1.165) is 45.4 Å². The average Bonchev–Trinajstić information content (AvgIpc) is 3.13. The molecule has 0 aliphatic carbocycles. The van der Waals surface area contributed by atoms with Crippen LogP contribution in [0, 0.1) is 0 Å². The fourth-order valence-electron chi connectivity index (χ4n) is 4.32. The molecule has 30 heavy (non-hydrogen) atoms. The quantitative estimate of drug-likeness (QED) is 0.406. The third-order valence-electron chi connectivity index (χ3n) is 5.70. The summed E-state index contributed by atoms with van der Waals surface area (Å²) >= 11 is 0. The van der Waals surface area contributed by atoms with Crippen LogP contribution >= 0.6 is 0 Å². The minimum atomic E-state index is -0.676. The van der Waals surface area contributed by atoms with E-state index in [9.17, 15) is 14.7 Å². The van der Waals surface area contributed by atoms with Crippen LogP contribution in [0.15, 0.2) is 58.1 Å². The van der Waals surface area contributed by atoms with Crippen LogP contribution in [0.1, 0.15) is 22.9 Å². The zero-order chi connectivity index (χ0) is 20.8. The van der Waals surface area contributed by atoms with Crippen LogP contribution in [-0.2, 0) is 6.42 Å². The summed E-state index contributed by atoms with van der Waals surface area (Å²) in [6.45, 7) is 0.741. The highest BCUT2D eigenvalue weighted by molar-refractivity contribution is 5.86. The molecule has 0 radical (unpaired) electrons. The first-order valence-corrected chi connectivity index (χ1v) is 9.74. The number of ether oxygens (including phenoxy) is 1. The lowest BCUT2D eigenvalue weighted by Gasteiger charge is -2.22. The predicted octanol–water partition coefficient (Wildman–Crippen LogP) is 0.930. The van der Waals surface area contributed by atoms with Crippen LogP contribution in [0.4, 0.5) is 0 Å². The molecule has 152 valence electrons. The van der Waals surface area contributed by atoms with Crippen molar-refractivity contribution in [1.29, 1.82) is 0 Å². The van der Waals surface area contributed by atoms with Crippen molar-refractivity contribution in [2.45, 2.75) is 12.5 Å². The van der Waals surface area contributed by atoms with Gasteiger partial charge in [0.1, 0.15) is 11.3 Å². The van der Waals surface area contributed by atoms with Crippen molar-refractivity contribution in [1.82, 2.24) is 14.5 Å². The van der Waals surface area contributed by atoms with Crippen molar-refractivity contribution in [2.24, 2.45) is 0 Å². The SMILES string of the molecule is COc1ccc2[nH]c3c(c2c1)CC[NH2+][C@H]3c1c(O)n(-c2ccccc2)c(=O)[nH]c1=O. The number of quaternary nitrogens is 1. The molecule has 8 heteroatoms. The second kappa shape index (κ2) is 6.93. The third-order valence-corrected chi connectivity index (χ3v) is 5.70. The molecule has 2 aromatic carbocycles. The van der Waals surface area contributed by atoms with Gasteiger partial charge in [-0.25, -0.2) is 9.36 Å². The molecule has 0 saturated carbocycles. The van der Waals surface area contributed by atoms with Gasteiger partial charge in [0, 0.05) is 17.3 Å². The van der Waals surface area contributed by atoms with E-state index in [1.807, 2.05) is 29.6 Å². The minimum absolute atomic E-state index is 0.151. The molecule has 0 fully saturated rings. The van der Waals surface area contributed by atoms with Crippen molar-refractivity contribution in [3.63, 3.8) is 0 Å². The number of nitrogens with one attached hydrogen (secondary N) is 2. The molecule has 5 rings (SSSR count). The monoisotopic (exact) mass is 405 g/mol. The minimum Gasteiger partial charge on any atom is -0.497 e. The molecule has 1 aliphatic heterocycles. The maximum absolute atomic E-state index is 12.8. The number of benzene rings is 2. The summed E-state index contributed by atoms with van der Waals surface area (Å²) in [4.78, 5) is 31.0. The van der Waals surface area contributed by atoms with Crippen LogP contribution in [0.5, 0.6) is 11.6 Å². The lowest BCUT2D eigenvalue weighted by atomic mass is 9.95. The average molecular weight is 405 g/mol. The van der Waals surface area contributed by atoms with Crippen molar-refractivity contribution >= 4 is 10.9 Å². The van der Waals surface area contributed by atoms with E-state index in [1.54, 1.807) is 31.4 Å². The Morgan fingerprint density at radius 2 is 1.93 bits per heavy atom. The molecule has 1 atom stereocenters. The van der Waals surface area contributed by atoms with Gasteiger partial charge in [-0.1, -0.05) is 18.2 Å². The standard InChI is InChI=1S/C22H20N4O4/c1-30-13-7-8-16-15(11-13)14-9-10-23-19(18(14)24-16)17-20(27)25-22(29)26(21(17)28)12-5-3-2-4-6-12/h2-8,11,19,23-24,28H,9-10H2,1H3,(H,25,27,29)/p+1/t19-/m0/s1. The molecule has 0 amide bonds. The lowest BCUT2D eigenvalue weighted by molar-refractivity contribution is -0.690. The van der Waals surface area contributed by atoms with E-state index in [0.29, 0.717) is 5.69 Å². The maximum Gasteiger partial charge on any atom is 0.335 e. The van der Waals surface area contributed by atoms with Gasteiger partial charge in [-0.05, 0) is 35.9 Å². The number of aromatic nitrogens is 3. The summed E-state index contributed by atoms with van der Waals surface area (Å²) in [6, 6.07) is 14.1. The van der Waals surface area contributed by atoms with Gasteiger partial charge in [0.2, 0.25) is 5.88 Å². The Balaban J connectivity index is 1.73. The summed E-state index contributed by atoms with van der Waals surface area (Å²) in [6.07, 6.45) is 0.815. The van der Waals surface area contributed by atoms with Crippen molar-refractivity contribution < 1.29 is 15.2 Å². The smallest absolute Gasteiger partial charge is 0.335 e. The fourth-order valence-corrected chi connectivity index (χ4v) is 4.32. The van der Waals surface area contributed by atoms with Crippen LogP contribution in [-0.4, -0.2) is 33.3 Å². The predicted molar refractivity (Wildman–Crippen MR) is 112 cm³/mol. The molecule has 3 heterocycles. The molecule has 0 spiro atoms. The molecule has 4 aromatic rings. The fraction of sp³-hybridized carbons (Fsp3) is 0.182. The van der Waals surface area contributed by atoms with E-state index in [4.69, 9.17) is 4.74 Å². The van der Waals surface area contributed by atoms with Gasteiger partial charge >= 0.3 is 5.69 Å². The summed E-state index contributed by atoms with van der Waals surface area (Å²) in [7, 11) is 1.63. The van der Waals surface area contributed by atoms with Crippen molar-refractivity contribution in [3.8, 4) is 17.3 Å². The van der Waals surface area contributed by atoms with E-state index >= 15 is 0 Å². The number of aromatic amines is 2. The molecule has 1 aliphatic rings. The van der Waals surface area contributed by atoms with Gasteiger partial charge in [0.25, 0.3) is 5.56 Å². The zero-order valence-corrected chi connectivity index (χ0v) is 16.3. The second-order valence-corrected chi connectivity index (χ2v) is 7.35. The number of aromatic hydroxyl groups is 1. The Hall–Kier alpha value is -3.78. The summed E-state index contributed by atoms with van der Waals surface area (Å²) in [5.41, 5.74) is 2.25. The van der Waals surface area contributed by atoms with Gasteiger partial charge in [0.15, 0.2) is 6.04 Å². The molecule has 8 nitrogen and oxygen atoms in total. The number of hydrogen-bond donors (Lipinski definition) is 4. The summed E-state index contributed by atoms with van der Waals surface area (Å²) < 4.78 is 6.49. The van der Waals surface area contributed by atoms with Crippen molar-refractivity contribution in [2.75, 3.05) is 13.7 Å². The van der Waals surface area contributed by atoms with E-state index < -0.39 is 17.3 Å². The number of methoxy groups -OCH3 is 1. The number of rotatable bonds is 3. The number of nitrogens with two attached hydrogens (primary N) is 1. The van der Waals surface area contributed by atoms with E-state index in [1.165, 1.54) is 0 Å². The van der Waals surface area contributed by atoms with E-state index in [-0.39, 0.29) is 11.4 Å². The Kier molecular flexibility index (Phi) is 4.22. The molecule has 0 unspecified atom stereocenters. The number of nitrogens with zero attached hydrogens (tertiary/aromatic N) is 1. The number of H-pyrrole nitrogens is 2. The summed E-state index contributed by atoms with van der Waals surface area (Å²) in [5.74, 6) is 0.411. The summed E-state index contributed by atoms with van der Waals surface area (Å²) in [5, 5.41) is 14.1. The molecule has 5 N–H and O–H groups in total. The number of hydrogen-bond acceptors (Lipinski definition) is 4. The second-order valence-electron chi connectivity index (χ2n) is 7.35. The van der Waals surface area contributed by atoms with Gasteiger partial charge < -0.3 is 20.1 Å². The van der Waals surface area contributed by atoms with Gasteiger partial charge in [-0.2, -0.15) is 0 Å². The molecular weight excluding hydrogens is 384 g/mol. The van der Waals surface area contributed by atoms with E-state index in [2.05, 4.69) is 9.97 Å². The highest BCUT2D eigenvalue weighted by atomic mass is 16.5. The highest BCUT2D eigenvalue weighted by Gasteiger charge is 2.34. The topological polar surface area (TPSA) is 117 Å². The normalized spacial score (nSPS) is 15.8. The first-order chi connectivity index (χ1) is 14.6. The largest absolute Gasteiger partial charge is 0.497 e. The van der Waals surface area contributed by atoms with Gasteiger partial charge in [-0.3, -0.25) is 9.78 Å². The first-order valence-electron chi connectivity index (χ1n) is 9.74. The maximum atomic E-state index is 12.8. The number of para-hydroxylation sites is 1. The van der Waals surface area contributed by atoms with Crippen molar-refractivity contribution in [3.05, 3.63) is 86.2 Å². The lowest BCUT2D eigenvalue weighted by Crippen LogP contribution is -2.87. The molecular formula is C22H21N4O4+. The molecule has 2 aromatic heterocycles. The van der Waals surface area contributed by atoms with Gasteiger partial charge in [-0.15, -0.1) is 0 Å². The first kappa shape index (κ1) is 18.3. The van der Waals surface area contributed by atoms with Crippen LogP contribution in [0.3, 0.4) is 0 Å². The van der Waals surface area contributed by atoms with Crippen LogP contribution in [0.25, 0.3) is 16.6 Å².